The van der Waals surface area contributed by atoms with E-state index in [1.165, 1.54) is 0 Å². The number of carbonyl (C=O) groups is 1. The normalized spacial score (nSPS) is 19.5. The number of carbonyl (C=O) groups excluding carboxylic acids is 1. The molecular weight excluding hydrogens is 568 g/mol. The second kappa shape index (κ2) is 12.8. The van der Waals surface area contributed by atoms with E-state index >= 15 is 0 Å². The van der Waals surface area contributed by atoms with Crippen LogP contribution >= 0.6 is 0 Å². The van der Waals surface area contributed by atoms with E-state index in [1.807, 2.05) is 48.2 Å². The number of ether oxygens (including phenoxy) is 3. The van der Waals surface area contributed by atoms with Crippen molar-refractivity contribution in [2.45, 2.75) is 32.2 Å². The van der Waals surface area contributed by atoms with Crippen LogP contribution in [-0.4, -0.2) is 81.3 Å². The molecule has 1 unspecified atom stereocenters. The Morgan fingerprint density at radius 3 is 2.87 bits per heavy atom. The van der Waals surface area contributed by atoms with E-state index in [0.717, 1.165) is 96.2 Å². The third kappa shape index (κ3) is 6.08. The molecule has 4 heterocycles. The molecule has 3 N–H and O–H groups in total. The number of H-pyrrole nitrogens is 1. The fraction of sp³-hybridized carbons (Fsp3) is 0.371. The molecule has 0 saturated carbocycles. The fourth-order valence-corrected chi connectivity index (χ4v) is 6.60. The summed E-state index contributed by atoms with van der Waals surface area (Å²) in [7, 11) is 1.67. The Morgan fingerprint density at radius 1 is 1.13 bits per heavy atom. The maximum Gasteiger partial charge on any atom is 0.231 e. The zero-order valence-electron chi connectivity index (χ0n) is 25.9. The van der Waals surface area contributed by atoms with Crippen LogP contribution < -0.4 is 15.5 Å². The first kappa shape index (κ1) is 29.2. The van der Waals surface area contributed by atoms with E-state index < -0.39 is 0 Å². The Bertz CT molecular complexity index is 1710. The van der Waals surface area contributed by atoms with E-state index in [9.17, 15) is 4.79 Å². The predicted molar refractivity (Wildman–Crippen MR) is 176 cm³/mol. The minimum atomic E-state index is -0.0869. The predicted octanol–water partition coefficient (Wildman–Crippen LogP) is 4.40. The molecule has 0 spiro atoms. The summed E-state index contributed by atoms with van der Waals surface area (Å²) in [6.07, 6.45) is 7.86. The number of morpholine rings is 1. The lowest BCUT2D eigenvalue weighted by atomic mass is 9.98. The fourth-order valence-electron chi connectivity index (χ4n) is 6.60. The molecule has 234 valence electrons. The summed E-state index contributed by atoms with van der Waals surface area (Å²) in [5.74, 6) is 2.28. The van der Waals surface area contributed by atoms with Crippen LogP contribution in [0.2, 0.25) is 0 Å². The number of para-hydroxylation sites is 1. The van der Waals surface area contributed by atoms with Crippen LogP contribution in [-0.2, 0) is 31.8 Å². The number of aromatic amines is 1. The molecule has 0 radical (unpaired) electrons. The minimum absolute atomic E-state index is 0.0869. The van der Waals surface area contributed by atoms with Crippen LogP contribution in [0.5, 0.6) is 0 Å². The summed E-state index contributed by atoms with van der Waals surface area (Å²) >= 11 is 0. The summed E-state index contributed by atoms with van der Waals surface area (Å²) in [5.41, 5.74) is 7.22. The average Bonchev–Trinajstić information content (AvgIpc) is 3.63. The number of rotatable bonds is 10. The van der Waals surface area contributed by atoms with E-state index in [-0.39, 0.29) is 11.9 Å². The number of aryl methyl sites for hydroxylation is 1. The quantitative estimate of drug-likeness (QED) is 0.293. The van der Waals surface area contributed by atoms with Gasteiger partial charge >= 0.3 is 0 Å². The molecular formula is C35H40N6O4. The average molecular weight is 609 g/mol. The molecule has 1 aliphatic carbocycles. The summed E-state index contributed by atoms with van der Waals surface area (Å²) in [4.78, 5) is 25.9. The number of amides is 1. The first-order valence-electron chi connectivity index (χ1n) is 15.8. The van der Waals surface area contributed by atoms with Gasteiger partial charge in [0.15, 0.2) is 11.5 Å². The van der Waals surface area contributed by atoms with Crippen LogP contribution in [0.1, 0.15) is 23.2 Å². The number of nitrogens with zero attached hydrogens (tertiary/aromatic N) is 3. The molecule has 1 aromatic heterocycles. The summed E-state index contributed by atoms with van der Waals surface area (Å²) in [5, 5.41) is 7.96. The number of methoxy groups -OCH3 is 1. The zero-order chi connectivity index (χ0) is 30.8. The Balaban J connectivity index is 1.04. The van der Waals surface area contributed by atoms with Crippen LogP contribution in [0.25, 0.3) is 10.9 Å². The summed E-state index contributed by atoms with van der Waals surface area (Å²) < 4.78 is 17.3. The van der Waals surface area contributed by atoms with Crippen LogP contribution in [0.3, 0.4) is 0 Å². The second-order valence-electron chi connectivity index (χ2n) is 11.8. The lowest BCUT2D eigenvalue weighted by Gasteiger charge is -2.28. The van der Waals surface area contributed by atoms with Gasteiger partial charge in [0.2, 0.25) is 5.91 Å². The van der Waals surface area contributed by atoms with Gasteiger partial charge in [-0.25, -0.2) is 4.99 Å². The van der Waals surface area contributed by atoms with Gasteiger partial charge in [0.05, 0.1) is 45.7 Å². The van der Waals surface area contributed by atoms with E-state index in [4.69, 9.17) is 14.2 Å². The highest BCUT2D eigenvalue weighted by molar-refractivity contribution is 5.99. The van der Waals surface area contributed by atoms with E-state index in [0.29, 0.717) is 31.1 Å². The number of nitrogens with one attached hydrogen (secondary N) is 3. The topological polar surface area (TPSA) is 103 Å². The van der Waals surface area contributed by atoms with Gasteiger partial charge in [-0.1, -0.05) is 18.2 Å². The Hall–Kier alpha value is -4.54. The monoisotopic (exact) mass is 608 g/mol. The maximum atomic E-state index is 13.5. The number of anilines is 2. The van der Waals surface area contributed by atoms with Crippen molar-refractivity contribution in [2.24, 2.45) is 4.99 Å². The molecule has 1 saturated heterocycles. The van der Waals surface area contributed by atoms with Crippen LogP contribution in [0.15, 0.2) is 82.5 Å². The van der Waals surface area contributed by atoms with Crippen molar-refractivity contribution in [1.29, 1.82) is 0 Å². The summed E-state index contributed by atoms with van der Waals surface area (Å²) in [6, 6.07) is 14.3. The summed E-state index contributed by atoms with van der Waals surface area (Å²) in [6.45, 7) is 7.84. The van der Waals surface area contributed by atoms with Crippen LogP contribution in [0.4, 0.5) is 11.4 Å². The van der Waals surface area contributed by atoms with Crippen molar-refractivity contribution >= 4 is 34.5 Å². The molecule has 2 aromatic carbocycles. The largest absolute Gasteiger partial charge is 0.493 e. The van der Waals surface area contributed by atoms with Crippen molar-refractivity contribution in [3.63, 3.8) is 0 Å². The standard InChI is InChI=1S/C35H40N6O4/c1-23-27(26-6-3-4-7-29(26)38-23)20-34(42)41-12-10-24-18-25(8-9-31(24)41)39-35-28-19-33(32(43-2)21-30(28)36-22-37-35)45-15-5-11-40-13-16-44-17-14-40/h3-4,6-9,18-19,21-22,30,38-39H,5,10-17,20H2,1-2H3,(H,36,37). The number of aromatic nitrogens is 1. The molecule has 0 bridgehead atoms. The third-order valence-electron chi connectivity index (χ3n) is 9.00. The van der Waals surface area contributed by atoms with Crippen molar-refractivity contribution in [3.8, 4) is 0 Å². The zero-order valence-corrected chi connectivity index (χ0v) is 25.9. The second-order valence-corrected chi connectivity index (χ2v) is 11.8. The highest BCUT2D eigenvalue weighted by Crippen LogP contribution is 2.34. The number of hydrogen-bond donors (Lipinski definition) is 3. The van der Waals surface area contributed by atoms with Gasteiger partial charge < -0.3 is 34.7 Å². The highest BCUT2D eigenvalue weighted by atomic mass is 16.5. The van der Waals surface area contributed by atoms with Crippen molar-refractivity contribution in [3.05, 3.63) is 94.3 Å². The molecule has 1 atom stereocenters. The Labute approximate surface area is 263 Å². The molecule has 4 aliphatic rings. The lowest BCUT2D eigenvalue weighted by Crippen LogP contribution is -2.37. The molecule has 3 aliphatic heterocycles. The SMILES string of the molecule is COC1=CC2NC=NC(Nc3ccc4c(c3)CCN4C(=O)Cc3c(C)[nH]c4ccccc34)=C2C=C1OCCCN1CCOCC1. The van der Waals surface area contributed by atoms with Gasteiger partial charge in [-0.3, -0.25) is 9.69 Å². The van der Waals surface area contributed by atoms with Gasteiger partial charge in [-0.05, 0) is 67.3 Å². The first-order valence-corrected chi connectivity index (χ1v) is 15.8. The van der Waals surface area contributed by atoms with Crippen LogP contribution in [0, 0.1) is 6.92 Å². The number of aliphatic imine (C=N–C) groups is 1. The first-order chi connectivity index (χ1) is 22.1. The van der Waals surface area contributed by atoms with E-state index in [2.05, 4.69) is 43.7 Å². The van der Waals surface area contributed by atoms with Gasteiger partial charge in [0.25, 0.3) is 0 Å². The number of hydrogen-bond acceptors (Lipinski definition) is 8. The van der Waals surface area contributed by atoms with Gasteiger partial charge in [-0.2, -0.15) is 0 Å². The molecule has 7 rings (SSSR count). The van der Waals surface area contributed by atoms with E-state index in [1.54, 1.807) is 13.4 Å². The third-order valence-corrected chi connectivity index (χ3v) is 9.00. The molecule has 10 nitrogen and oxygen atoms in total. The molecule has 45 heavy (non-hydrogen) atoms. The van der Waals surface area contributed by atoms with Crippen molar-refractivity contribution in [1.82, 2.24) is 15.2 Å². The van der Waals surface area contributed by atoms with Gasteiger partial charge in [0, 0.05) is 59.7 Å². The van der Waals surface area contributed by atoms with Gasteiger partial charge in [-0.15, -0.1) is 0 Å². The molecule has 1 fully saturated rings. The van der Waals surface area contributed by atoms with Crippen molar-refractivity contribution < 1.29 is 19.0 Å². The highest BCUT2D eigenvalue weighted by Gasteiger charge is 2.28. The minimum Gasteiger partial charge on any atom is -0.493 e. The smallest absolute Gasteiger partial charge is 0.231 e. The van der Waals surface area contributed by atoms with Crippen molar-refractivity contribution in [2.75, 3.05) is 63.3 Å². The maximum absolute atomic E-state index is 13.5. The lowest BCUT2D eigenvalue weighted by molar-refractivity contribution is -0.117. The Morgan fingerprint density at radius 2 is 2.00 bits per heavy atom. The molecule has 10 heteroatoms. The Kier molecular flexibility index (Phi) is 8.32. The number of benzene rings is 2. The molecule has 3 aromatic rings. The van der Waals surface area contributed by atoms with Gasteiger partial charge in [0.1, 0.15) is 5.82 Å². The number of fused-ring (bicyclic) bond motifs is 3. The molecule has 1 amide bonds.